The molecule has 0 bridgehead atoms. The summed E-state index contributed by atoms with van der Waals surface area (Å²) in [6.45, 7) is 0. The lowest BCUT2D eigenvalue weighted by atomic mass is 9.99. The fraction of sp³-hybridized carbons (Fsp3) is 0. The molecular weight excluding hydrogens is 306 g/mol. The lowest BCUT2D eigenvalue weighted by molar-refractivity contribution is 0.944. The first kappa shape index (κ1) is 15.1. The molecule has 1 heterocycles. The largest absolute Gasteiger partial charge is 0.197 e. The predicted octanol–water partition coefficient (Wildman–Crippen LogP) is 5.31. The van der Waals surface area contributed by atoms with Crippen LogP contribution in [-0.2, 0) is 0 Å². The van der Waals surface area contributed by atoms with Crippen LogP contribution in [0.25, 0.3) is 34.7 Å². The topological polar surface area (TPSA) is 41.6 Å². The van der Waals surface area contributed by atoms with E-state index in [4.69, 9.17) is 0 Å². The van der Waals surface area contributed by atoms with Crippen molar-refractivity contribution in [1.82, 2.24) is 15.4 Å². The van der Waals surface area contributed by atoms with Crippen molar-refractivity contribution in [1.29, 1.82) is 0 Å². The third-order valence-electron chi connectivity index (χ3n) is 4.07. The lowest BCUT2D eigenvalue weighted by Crippen LogP contribution is -1.87. The smallest absolute Gasteiger partial charge is 0.121 e. The molecule has 0 fully saturated rings. The maximum atomic E-state index is 4.41. The lowest BCUT2D eigenvalue weighted by Gasteiger charge is -2.05. The first-order valence-electron chi connectivity index (χ1n) is 8.20. The van der Waals surface area contributed by atoms with E-state index in [9.17, 15) is 0 Å². The highest BCUT2D eigenvalue weighted by Crippen LogP contribution is 2.31. The number of aromatic amines is 1. The van der Waals surface area contributed by atoms with E-state index in [0.29, 0.717) is 0 Å². The molecule has 4 aromatic rings. The van der Waals surface area contributed by atoms with Crippen LogP contribution in [0.5, 0.6) is 0 Å². The standard InChI is InChI=1S/C22H17N3/c1-3-9-17(10-4-1)15-16-18-11-7-8-14-20(18)22-21(23-25-24-22)19-12-5-2-6-13-19/h1-16H,(H,23,24,25). The van der Waals surface area contributed by atoms with Gasteiger partial charge in [-0.15, -0.1) is 0 Å². The highest BCUT2D eigenvalue weighted by molar-refractivity contribution is 5.85. The van der Waals surface area contributed by atoms with Gasteiger partial charge in [0.05, 0.1) is 0 Å². The number of H-pyrrole nitrogens is 1. The van der Waals surface area contributed by atoms with Crippen LogP contribution < -0.4 is 0 Å². The molecule has 1 aromatic heterocycles. The molecule has 1 N–H and O–H groups in total. The van der Waals surface area contributed by atoms with Gasteiger partial charge >= 0.3 is 0 Å². The molecule has 0 amide bonds. The summed E-state index contributed by atoms with van der Waals surface area (Å²) in [5, 5.41) is 11.5. The van der Waals surface area contributed by atoms with E-state index in [1.807, 2.05) is 60.7 Å². The first-order chi connectivity index (χ1) is 12.4. The van der Waals surface area contributed by atoms with E-state index in [0.717, 1.165) is 28.1 Å². The van der Waals surface area contributed by atoms with Crippen LogP contribution in [0.15, 0.2) is 84.9 Å². The van der Waals surface area contributed by atoms with Gasteiger partial charge in [-0.05, 0) is 11.1 Å². The summed E-state index contributed by atoms with van der Waals surface area (Å²) in [7, 11) is 0. The number of nitrogens with zero attached hydrogens (tertiary/aromatic N) is 2. The van der Waals surface area contributed by atoms with Crippen molar-refractivity contribution in [2.75, 3.05) is 0 Å². The van der Waals surface area contributed by atoms with Crippen molar-refractivity contribution < 1.29 is 0 Å². The average Bonchev–Trinajstić information content (AvgIpc) is 3.18. The second kappa shape index (κ2) is 6.97. The summed E-state index contributed by atoms with van der Waals surface area (Å²) in [6.07, 6.45) is 4.23. The highest BCUT2D eigenvalue weighted by atomic mass is 15.3. The van der Waals surface area contributed by atoms with Gasteiger partial charge in [0.1, 0.15) is 11.4 Å². The SMILES string of the molecule is C(=Cc1ccccc1-c1n[nH]nc1-c1ccccc1)c1ccccc1. The van der Waals surface area contributed by atoms with Crippen LogP contribution >= 0.6 is 0 Å². The molecule has 0 saturated carbocycles. The molecule has 120 valence electrons. The normalized spacial score (nSPS) is 11.0. The predicted molar refractivity (Wildman–Crippen MR) is 103 cm³/mol. The molecule has 0 saturated heterocycles. The van der Waals surface area contributed by atoms with Gasteiger partial charge < -0.3 is 0 Å². The quantitative estimate of drug-likeness (QED) is 0.517. The number of nitrogens with one attached hydrogen (secondary N) is 1. The fourth-order valence-corrected chi connectivity index (χ4v) is 2.82. The number of aromatic nitrogens is 3. The van der Waals surface area contributed by atoms with Crippen molar-refractivity contribution >= 4 is 12.2 Å². The molecule has 0 aliphatic rings. The number of hydrogen-bond donors (Lipinski definition) is 1. The summed E-state index contributed by atoms with van der Waals surface area (Å²) in [5.41, 5.74) is 6.11. The van der Waals surface area contributed by atoms with Gasteiger partial charge in [-0.25, -0.2) is 0 Å². The Hall–Kier alpha value is -3.46. The van der Waals surface area contributed by atoms with E-state index < -0.39 is 0 Å². The Kier molecular flexibility index (Phi) is 4.21. The number of hydrogen-bond acceptors (Lipinski definition) is 2. The molecular formula is C22H17N3. The summed E-state index contributed by atoms with van der Waals surface area (Å²) < 4.78 is 0. The maximum Gasteiger partial charge on any atom is 0.121 e. The molecule has 25 heavy (non-hydrogen) atoms. The van der Waals surface area contributed by atoms with Crippen LogP contribution in [-0.4, -0.2) is 15.4 Å². The first-order valence-corrected chi connectivity index (χ1v) is 8.20. The van der Waals surface area contributed by atoms with Gasteiger partial charge in [0.2, 0.25) is 0 Å². The Labute approximate surface area is 146 Å². The van der Waals surface area contributed by atoms with E-state index in [-0.39, 0.29) is 0 Å². The third-order valence-corrected chi connectivity index (χ3v) is 4.07. The molecule has 3 heteroatoms. The summed E-state index contributed by atoms with van der Waals surface area (Å²) in [4.78, 5) is 0. The Bertz CT molecular complexity index is 986. The molecule has 0 aliphatic heterocycles. The van der Waals surface area contributed by atoms with Gasteiger partial charge in [0.15, 0.2) is 0 Å². The highest BCUT2D eigenvalue weighted by Gasteiger charge is 2.14. The van der Waals surface area contributed by atoms with E-state index in [2.05, 4.69) is 51.8 Å². The monoisotopic (exact) mass is 323 g/mol. The molecule has 4 rings (SSSR count). The Morgan fingerprint density at radius 1 is 0.600 bits per heavy atom. The Morgan fingerprint density at radius 3 is 2.04 bits per heavy atom. The van der Waals surface area contributed by atoms with Crippen molar-refractivity contribution in [3.05, 3.63) is 96.1 Å². The zero-order valence-corrected chi connectivity index (χ0v) is 13.6. The van der Waals surface area contributed by atoms with Crippen LogP contribution in [0.3, 0.4) is 0 Å². The van der Waals surface area contributed by atoms with Crippen molar-refractivity contribution in [2.24, 2.45) is 0 Å². The average molecular weight is 323 g/mol. The zero-order chi connectivity index (χ0) is 16.9. The van der Waals surface area contributed by atoms with Gasteiger partial charge in [0.25, 0.3) is 0 Å². The van der Waals surface area contributed by atoms with Crippen LogP contribution in [0.1, 0.15) is 11.1 Å². The molecule has 0 aliphatic carbocycles. The van der Waals surface area contributed by atoms with Crippen LogP contribution in [0, 0.1) is 0 Å². The summed E-state index contributed by atoms with van der Waals surface area (Å²) in [5.74, 6) is 0. The molecule has 3 aromatic carbocycles. The second-order valence-corrected chi connectivity index (χ2v) is 5.72. The molecule has 0 spiro atoms. The number of rotatable bonds is 4. The van der Waals surface area contributed by atoms with Gasteiger partial charge in [0, 0.05) is 11.1 Å². The van der Waals surface area contributed by atoms with Gasteiger partial charge in [-0.1, -0.05) is 97.1 Å². The van der Waals surface area contributed by atoms with Gasteiger partial charge in [-0.2, -0.15) is 15.4 Å². The molecule has 0 unspecified atom stereocenters. The zero-order valence-electron chi connectivity index (χ0n) is 13.6. The van der Waals surface area contributed by atoms with Crippen LogP contribution in [0.4, 0.5) is 0 Å². The summed E-state index contributed by atoms with van der Waals surface area (Å²) >= 11 is 0. The van der Waals surface area contributed by atoms with Crippen molar-refractivity contribution in [2.45, 2.75) is 0 Å². The van der Waals surface area contributed by atoms with Crippen molar-refractivity contribution in [3.63, 3.8) is 0 Å². The van der Waals surface area contributed by atoms with Gasteiger partial charge in [-0.3, -0.25) is 0 Å². The fourth-order valence-electron chi connectivity index (χ4n) is 2.82. The summed E-state index contributed by atoms with van der Waals surface area (Å²) in [6, 6.07) is 28.6. The van der Waals surface area contributed by atoms with E-state index in [1.165, 1.54) is 5.56 Å². The molecule has 0 atom stereocenters. The van der Waals surface area contributed by atoms with E-state index >= 15 is 0 Å². The minimum atomic E-state index is 0.861. The minimum absolute atomic E-state index is 0.861. The third kappa shape index (κ3) is 3.26. The van der Waals surface area contributed by atoms with Crippen molar-refractivity contribution in [3.8, 4) is 22.5 Å². The van der Waals surface area contributed by atoms with Crippen LogP contribution in [0.2, 0.25) is 0 Å². The molecule has 3 nitrogen and oxygen atoms in total. The maximum absolute atomic E-state index is 4.41. The Morgan fingerprint density at radius 2 is 1.24 bits per heavy atom. The minimum Gasteiger partial charge on any atom is -0.197 e. The molecule has 0 radical (unpaired) electrons. The van der Waals surface area contributed by atoms with E-state index in [1.54, 1.807) is 0 Å². The number of benzene rings is 3. The Balaban J connectivity index is 1.76. The second-order valence-electron chi connectivity index (χ2n) is 5.72.